The topological polar surface area (TPSA) is 81.3 Å². The van der Waals surface area contributed by atoms with Gasteiger partial charge in [0.1, 0.15) is 17.2 Å². The van der Waals surface area contributed by atoms with Gasteiger partial charge in [-0.05, 0) is 55.7 Å². The smallest absolute Gasteiger partial charge is 0.257 e. The minimum Gasteiger partial charge on any atom is -0.393 e. The van der Waals surface area contributed by atoms with Crippen LogP contribution < -0.4 is 4.90 Å². The number of hydrogen-bond acceptors (Lipinski definition) is 5. The average molecular weight is 444 g/mol. The van der Waals surface area contributed by atoms with Crippen LogP contribution in [0.4, 0.5) is 14.5 Å². The number of carbonyl (C=O) groups excluding carboxylic acids is 1. The highest BCUT2D eigenvalue weighted by molar-refractivity contribution is 6.01. The molecule has 2 N–H and O–H groups in total. The highest BCUT2D eigenvalue weighted by Gasteiger charge is 2.38. The number of amides is 1. The fraction of sp³-hybridized carbons (Fsp3) is 0.391. The number of benzene rings is 1. The number of anilines is 1. The van der Waals surface area contributed by atoms with Crippen LogP contribution in [0.3, 0.4) is 0 Å². The molecule has 7 nitrogen and oxygen atoms in total. The molecule has 2 aliphatic rings. The maximum atomic E-state index is 12.8. The molecule has 0 aliphatic carbocycles. The summed E-state index contributed by atoms with van der Waals surface area (Å²) in [4.78, 5) is 16.7. The molecular weight excluding hydrogens is 418 g/mol. The first-order valence-corrected chi connectivity index (χ1v) is 10.6. The van der Waals surface area contributed by atoms with E-state index in [9.17, 15) is 23.8 Å². The number of likely N-dealkylation sites (tertiary alicyclic amines) is 1. The Hall–Kier alpha value is -3.04. The van der Waals surface area contributed by atoms with Crippen molar-refractivity contribution in [1.82, 2.24) is 14.5 Å². The van der Waals surface area contributed by atoms with Crippen LogP contribution in [0.25, 0.3) is 5.52 Å². The zero-order valence-corrected chi connectivity index (χ0v) is 17.6. The number of pyridine rings is 1. The molecule has 2 aliphatic heterocycles. The number of aliphatic hydroxyl groups is 2. The number of nitrogens with zero attached hydrogens (tertiary/aromatic N) is 4. The van der Waals surface area contributed by atoms with E-state index in [1.807, 2.05) is 18.3 Å². The van der Waals surface area contributed by atoms with Crippen LogP contribution >= 0.6 is 0 Å². The zero-order valence-electron chi connectivity index (χ0n) is 17.6. The van der Waals surface area contributed by atoms with Gasteiger partial charge in [0.2, 0.25) is 0 Å². The van der Waals surface area contributed by atoms with Gasteiger partial charge in [-0.25, -0.2) is 13.3 Å². The molecule has 2 saturated heterocycles. The third-order valence-corrected chi connectivity index (χ3v) is 5.92. The van der Waals surface area contributed by atoms with Crippen molar-refractivity contribution in [2.75, 3.05) is 37.7 Å². The van der Waals surface area contributed by atoms with E-state index >= 15 is 0 Å². The molecule has 1 atom stereocenters. The van der Waals surface area contributed by atoms with Crippen molar-refractivity contribution >= 4 is 17.1 Å². The van der Waals surface area contributed by atoms with E-state index < -0.39 is 17.2 Å². The second-order valence-corrected chi connectivity index (χ2v) is 8.26. The number of carbonyl (C=O) groups is 1. The number of fused-ring (bicyclic) bond motifs is 1. The van der Waals surface area contributed by atoms with Crippen molar-refractivity contribution in [2.45, 2.75) is 24.9 Å². The van der Waals surface area contributed by atoms with Crippen LogP contribution in [0.2, 0.25) is 0 Å². The fourth-order valence-electron chi connectivity index (χ4n) is 4.07. The summed E-state index contributed by atoms with van der Waals surface area (Å²) in [5, 5.41) is 23.7. The number of β-amino-alcohol motifs (C(OH)–C–C–N with tert-alkyl or cyclic N) is 1. The lowest BCUT2D eigenvalue weighted by Crippen LogP contribution is -2.38. The summed E-state index contributed by atoms with van der Waals surface area (Å²) in [6, 6.07) is 8.36. The van der Waals surface area contributed by atoms with Crippen molar-refractivity contribution in [1.29, 1.82) is 0 Å². The Balaban J connectivity index is 0.000000260. The predicted molar refractivity (Wildman–Crippen MR) is 116 cm³/mol. The highest BCUT2D eigenvalue weighted by atomic mass is 19.1. The lowest BCUT2D eigenvalue weighted by atomic mass is 10.1. The predicted octanol–water partition coefficient (Wildman–Crippen LogP) is 2.47. The minimum absolute atomic E-state index is 0.145. The summed E-state index contributed by atoms with van der Waals surface area (Å²) in [6.45, 7) is 2.36. The summed E-state index contributed by atoms with van der Waals surface area (Å²) in [7, 11) is 0. The average Bonchev–Trinajstić information content (AvgIpc) is 3.55. The number of hydrogen-bond donors (Lipinski definition) is 2. The van der Waals surface area contributed by atoms with Crippen molar-refractivity contribution < 1.29 is 23.8 Å². The Kier molecular flexibility index (Phi) is 6.38. The van der Waals surface area contributed by atoms with Gasteiger partial charge in [0.15, 0.2) is 0 Å². The molecule has 2 fully saturated rings. The van der Waals surface area contributed by atoms with Gasteiger partial charge in [0.05, 0.1) is 30.4 Å². The van der Waals surface area contributed by atoms with Gasteiger partial charge in [-0.15, -0.1) is 0 Å². The van der Waals surface area contributed by atoms with Crippen molar-refractivity contribution in [3.63, 3.8) is 0 Å². The molecule has 1 unspecified atom stereocenters. The number of rotatable bonds is 3. The first kappa shape index (κ1) is 22.2. The summed E-state index contributed by atoms with van der Waals surface area (Å²) < 4.78 is 25.5. The molecular formula is C23H26F2N4O3. The standard InChI is InChI=1S/C17H22N4O3.C6H4F2/c22-12-17(24)4-8-20(11-17)16(23)14-10-18-21-7-3-13(9-15(14)21)19-5-1-2-6-19;7-5-1-2-6(8)4-3-5/h3,7,9-10,22,24H,1-2,4-6,8,11-12H2;1-4H. The second kappa shape index (κ2) is 9.22. The number of halogens is 2. The van der Waals surface area contributed by atoms with Crippen molar-refractivity contribution in [2.24, 2.45) is 0 Å². The molecule has 1 amide bonds. The van der Waals surface area contributed by atoms with E-state index in [0.29, 0.717) is 18.5 Å². The number of aliphatic hydroxyl groups excluding tert-OH is 1. The van der Waals surface area contributed by atoms with E-state index in [-0.39, 0.29) is 19.1 Å². The molecule has 170 valence electrons. The monoisotopic (exact) mass is 444 g/mol. The lowest BCUT2D eigenvalue weighted by Gasteiger charge is -2.21. The van der Waals surface area contributed by atoms with Crippen LogP contribution in [0, 0.1) is 11.6 Å². The van der Waals surface area contributed by atoms with Gasteiger partial charge in [-0.3, -0.25) is 4.79 Å². The van der Waals surface area contributed by atoms with E-state index in [1.54, 1.807) is 15.6 Å². The Morgan fingerprint density at radius 3 is 2.31 bits per heavy atom. The largest absolute Gasteiger partial charge is 0.393 e. The highest BCUT2D eigenvalue weighted by Crippen LogP contribution is 2.26. The molecule has 32 heavy (non-hydrogen) atoms. The minimum atomic E-state index is -1.18. The normalized spacial score (nSPS) is 20.5. The van der Waals surface area contributed by atoms with E-state index in [0.717, 1.165) is 48.6 Å². The maximum absolute atomic E-state index is 12.8. The van der Waals surface area contributed by atoms with Crippen LogP contribution in [0.15, 0.2) is 48.8 Å². The molecule has 0 bridgehead atoms. The SMILES string of the molecule is Fc1ccc(F)cc1.O=C(c1cnn2ccc(N3CCCC3)cc12)N1CCC(O)(CO)C1. The van der Waals surface area contributed by atoms with Crippen LogP contribution in [0.5, 0.6) is 0 Å². The molecule has 1 aromatic carbocycles. The van der Waals surface area contributed by atoms with E-state index in [4.69, 9.17) is 0 Å². The molecule has 0 saturated carbocycles. The summed E-state index contributed by atoms with van der Waals surface area (Å²) in [5.74, 6) is -0.967. The second-order valence-electron chi connectivity index (χ2n) is 8.26. The maximum Gasteiger partial charge on any atom is 0.257 e. The summed E-state index contributed by atoms with van der Waals surface area (Å²) in [5.41, 5.74) is 1.25. The van der Waals surface area contributed by atoms with Crippen LogP contribution in [0.1, 0.15) is 29.6 Å². The molecule has 2 aromatic heterocycles. The summed E-state index contributed by atoms with van der Waals surface area (Å²) in [6.07, 6.45) is 6.26. The number of aromatic nitrogens is 2. The van der Waals surface area contributed by atoms with E-state index in [1.165, 1.54) is 12.8 Å². The Morgan fingerprint density at radius 1 is 1.06 bits per heavy atom. The molecule has 5 rings (SSSR count). The van der Waals surface area contributed by atoms with Gasteiger partial charge in [0, 0.05) is 31.5 Å². The molecule has 9 heteroatoms. The summed E-state index contributed by atoms with van der Waals surface area (Å²) >= 11 is 0. The van der Waals surface area contributed by atoms with E-state index in [2.05, 4.69) is 10.00 Å². The van der Waals surface area contributed by atoms with Gasteiger partial charge in [-0.1, -0.05) is 0 Å². The first-order valence-electron chi connectivity index (χ1n) is 10.6. The van der Waals surface area contributed by atoms with Gasteiger partial charge in [0.25, 0.3) is 5.91 Å². The lowest BCUT2D eigenvalue weighted by molar-refractivity contribution is -0.00453. The molecule has 0 radical (unpaired) electrons. The van der Waals surface area contributed by atoms with Gasteiger partial charge in [-0.2, -0.15) is 5.10 Å². The third kappa shape index (κ3) is 4.73. The zero-order chi connectivity index (χ0) is 22.7. The van der Waals surface area contributed by atoms with Gasteiger partial charge >= 0.3 is 0 Å². The molecule has 4 heterocycles. The molecule has 0 spiro atoms. The van der Waals surface area contributed by atoms with Crippen molar-refractivity contribution in [3.05, 3.63) is 66.0 Å². The Bertz CT molecular complexity index is 1060. The Morgan fingerprint density at radius 2 is 1.72 bits per heavy atom. The first-order chi connectivity index (χ1) is 15.4. The van der Waals surface area contributed by atoms with Crippen LogP contribution in [-0.2, 0) is 0 Å². The van der Waals surface area contributed by atoms with Crippen LogP contribution in [-0.4, -0.2) is 69.0 Å². The Labute approximate surface area is 184 Å². The fourth-order valence-corrected chi connectivity index (χ4v) is 4.07. The molecule has 3 aromatic rings. The third-order valence-electron chi connectivity index (χ3n) is 5.92. The van der Waals surface area contributed by atoms with Crippen molar-refractivity contribution in [3.8, 4) is 0 Å². The quantitative estimate of drug-likeness (QED) is 0.649. The van der Waals surface area contributed by atoms with Gasteiger partial charge < -0.3 is 20.0 Å².